The minimum atomic E-state index is -0.613. The second-order valence-electron chi connectivity index (χ2n) is 17.2. The lowest BCUT2D eigenvalue weighted by molar-refractivity contribution is -0.149. The quantitative estimate of drug-likeness (QED) is 0.108. The Balaban J connectivity index is 1.77. The Labute approximate surface area is 363 Å². The van der Waals surface area contributed by atoms with Gasteiger partial charge in [-0.05, 0) is 49.6 Å². The molecule has 13 nitrogen and oxygen atoms in total. The van der Waals surface area contributed by atoms with E-state index in [0.29, 0.717) is 32.5 Å². The maximum absolute atomic E-state index is 14.5. The van der Waals surface area contributed by atoms with Gasteiger partial charge in [0.05, 0.1) is 68.5 Å². The van der Waals surface area contributed by atoms with Crippen LogP contribution in [-0.2, 0) is 39.8 Å². The molecule has 3 amide bonds. The van der Waals surface area contributed by atoms with E-state index in [9.17, 15) is 19.2 Å². The molecule has 0 aliphatic carbocycles. The molecule has 2 heterocycles. The molecule has 2 N–H and O–H groups in total. The first-order chi connectivity index (χ1) is 28.6. The summed E-state index contributed by atoms with van der Waals surface area (Å²) in [5, 5.41) is 15.0. The molecule has 1 fully saturated rings. The van der Waals surface area contributed by atoms with Gasteiger partial charge in [-0.1, -0.05) is 85.2 Å². The number of ketones is 1. The van der Waals surface area contributed by atoms with Crippen molar-refractivity contribution >= 4 is 34.8 Å². The zero-order valence-corrected chi connectivity index (χ0v) is 39.0. The second-order valence-corrected chi connectivity index (χ2v) is 18.2. The number of carbonyl (C=O) groups excluding carboxylic acids is 4. The Bertz CT molecular complexity index is 1580. The van der Waals surface area contributed by atoms with Crippen LogP contribution in [0.3, 0.4) is 0 Å². The molecule has 1 aromatic heterocycles. The molecule has 0 radical (unpaired) electrons. The molecule has 0 unspecified atom stereocenters. The number of aliphatic hydroxyl groups is 1. The fraction of sp³-hybridized carbons (Fsp3) is 0.717. The van der Waals surface area contributed by atoms with E-state index in [0.717, 1.165) is 23.4 Å². The lowest BCUT2D eigenvalue weighted by atomic mass is 9.83. The van der Waals surface area contributed by atoms with Gasteiger partial charge in [-0.25, -0.2) is 4.98 Å². The van der Waals surface area contributed by atoms with Gasteiger partial charge in [0.1, 0.15) is 5.01 Å². The molecular weight excluding hydrogens is 783 g/mol. The number of aromatic nitrogens is 1. The largest absolute Gasteiger partial charge is 0.394 e. The number of likely N-dealkylation sites (tertiary alicyclic amines) is 1. The van der Waals surface area contributed by atoms with E-state index in [1.54, 1.807) is 32.4 Å². The molecule has 1 saturated heterocycles. The lowest BCUT2D eigenvalue weighted by Crippen LogP contribution is -2.54. The van der Waals surface area contributed by atoms with Crippen LogP contribution in [0.25, 0.3) is 0 Å². The first-order valence-corrected chi connectivity index (χ1v) is 22.8. The summed E-state index contributed by atoms with van der Waals surface area (Å²) in [5.41, 5.74) is 1.09. The molecule has 14 heteroatoms. The molecule has 3 rings (SSSR count). The van der Waals surface area contributed by atoms with E-state index >= 15 is 0 Å². The summed E-state index contributed by atoms with van der Waals surface area (Å²) in [6.07, 6.45) is 3.53. The Morgan fingerprint density at radius 2 is 1.68 bits per heavy atom. The molecule has 60 heavy (non-hydrogen) atoms. The van der Waals surface area contributed by atoms with Gasteiger partial charge in [-0.15, -0.1) is 11.3 Å². The van der Waals surface area contributed by atoms with Crippen molar-refractivity contribution in [3.8, 4) is 0 Å². The molecule has 1 aliphatic rings. The Hall–Kier alpha value is -3.27. The number of aliphatic hydroxyl groups excluding tert-OH is 1. The molecule has 0 bridgehead atoms. The summed E-state index contributed by atoms with van der Waals surface area (Å²) in [6.45, 7) is 15.6. The Morgan fingerprint density at radius 1 is 0.983 bits per heavy atom. The molecule has 0 saturated carbocycles. The molecule has 9 atom stereocenters. The number of nitrogens with zero attached hydrogens (tertiary/aromatic N) is 4. The predicted molar refractivity (Wildman–Crippen MR) is 236 cm³/mol. The molecule has 2 aromatic rings. The van der Waals surface area contributed by atoms with Crippen LogP contribution in [0.1, 0.15) is 97.2 Å². The van der Waals surface area contributed by atoms with Crippen molar-refractivity contribution in [1.82, 2.24) is 25.0 Å². The van der Waals surface area contributed by atoms with Crippen LogP contribution in [0.15, 0.2) is 41.9 Å². The monoisotopic (exact) mass is 858 g/mol. The molecule has 1 aromatic carbocycles. The van der Waals surface area contributed by atoms with Gasteiger partial charge < -0.3 is 34.4 Å². The number of hydrogen-bond donors (Lipinski definition) is 2. The molecule has 0 spiro atoms. The van der Waals surface area contributed by atoms with Crippen molar-refractivity contribution in [3.05, 3.63) is 52.5 Å². The zero-order chi connectivity index (χ0) is 44.5. The summed E-state index contributed by atoms with van der Waals surface area (Å²) < 4.78 is 17.6. The van der Waals surface area contributed by atoms with Gasteiger partial charge in [-0.2, -0.15) is 0 Å². The maximum atomic E-state index is 14.5. The third kappa shape index (κ3) is 14.1. The van der Waals surface area contributed by atoms with Crippen LogP contribution in [0.2, 0.25) is 0 Å². The third-order valence-electron chi connectivity index (χ3n) is 12.4. The fourth-order valence-corrected chi connectivity index (χ4v) is 9.60. The number of nitrogens with one attached hydrogen (secondary N) is 1. The average molecular weight is 858 g/mol. The van der Waals surface area contributed by atoms with E-state index < -0.39 is 36.1 Å². The smallest absolute Gasteiger partial charge is 0.226 e. The number of Topliss-reactive ketones (excluding diaryl/α,β-unsaturated/α-hetero) is 1. The minimum absolute atomic E-state index is 0.000692. The SMILES string of the molecule is CC[C@H](C)[C@@H]([C@@H](CC(=O)N1CCC[C@H]1[C@H](OC)[C@@H](C)C(=O)N[C@@H](Cc1ccccc1)c1nccs1)OC)N(C)C(=O)[C@@H](CC(=O)[C@H](C(C)C)N(C)CCOCCO)C(C)C. The van der Waals surface area contributed by atoms with Gasteiger partial charge in [0.2, 0.25) is 17.7 Å². The van der Waals surface area contributed by atoms with E-state index in [2.05, 4.69) is 24.1 Å². The number of methoxy groups -OCH3 is 2. The van der Waals surface area contributed by atoms with Crippen LogP contribution >= 0.6 is 11.3 Å². The Kier molecular flexibility index (Phi) is 21.8. The van der Waals surface area contributed by atoms with Gasteiger partial charge in [0, 0.05) is 58.3 Å². The van der Waals surface area contributed by atoms with Crippen LogP contribution in [0, 0.1) is 29.6 Å². The average Bonchev–Trinajstić information content (AvgIpc) is 3.95. The number of hydrogen-bond acceptors (Lipinski definition) is 11. The number of ether oxygens (including phenoxy) is 3. The highest BCUT2D eigenvalue weighted by molar-refractivity contribution is 7.09. The van der Waals surface area contributed by atoms with E-state index in [1.165, 1.54) is 11.3 Å². The normalized spacial score (nSPS) is 18.5. The zero-order valence-electron chi connectivity index (χ0n) is 38.2. The summed E-state index contributed by atoms with van der Waals surface area (Å²) in [7, 11) is 6.85. The van der Waals surface area contributed by atoms with Gasteiger partial charge in [0.15, 0.2) is 5.78 Å². The highest BCUT2D eigenvalue weighted by Gasteiger charge is 2.43. The third-order valence-corrected chi connectivity index (χ3v) is 13.3. The molecular formula is C46H75N5O8S. The van der Waals surface area contributed by atoms with E-state index in [1.807, 2.05) is 87.2 Å². The van der Waals surface area contributed by atoms with E-state index in [4.69, 9.17) is 19.3 Å². The summed E-state index contributed by atoms with van der Waals surface area (Å²) in [4.78, 5) is 66.9. The highest BCUT2D eigenvalue weighted by atomic mass is 32.1. The van der Waals surface area contributed by atoms with Crippen molar-refractivity contribution < 1.29 is 38.5 Å². The number of likely N-dealkylation sites (N-methyl/N-ethyl adjacent to an activating group) is 2. The van der Waals surface area contributed by atoms with E-state index in [-0.39, 0.29) is 79.4 Å². The topological polar surface area (TPSA) is 151 Å². The number of thiazole rings is 1. The molecule has 338 valence electrons. The minimum Gasteiger partial charge on any atom is -0.394 e. The number of rotatable bonds is 27. The predicted octanol–water partition coefficient (Wildman–Crippen LogP) is 5.66. The molecule has 1 aliphatic heterocycles. The summed E-state index contributed by atoms with van der Waals surface area (Å²) in [5.74, 6) is -1.66. The second kappa shape index (κ2) is 25.6. The first kappa shape index (κ1) is 51.1. The van der Waals surface area contributed by atoms with Gasteiger partial charge in [-0.3, -0.25) is 24.1 Å². The van der Waals surface area contributed by atoms with Crippen LogP contribution in [0.5, 0.6) is 0 Å². The van der Waals surface area contributed by atoms with Crippen LogP contribution in [-0.4, -0.2) is 140 Å². The Morgan fingerprint density at radius 3 is 2.25 bits per heavy atom. The highest BCUT2D eigenvalue weighted by Crippen LogP contribution is 2.32. The lowest BCUT2D eigenvalue weighted by Gasteiger charge is -2.41. The van der Waals surface area contributed by atoms with Crippen LogP contribution in [0.4, 0.5) is 0 Å². The van der Waals surface area contributed by atoms with Crippen LogP contribution < -0.4 is 5.32 Å². The number of benzene rings is 1. The number of amides is 3. The van der Waals surface area contributed by atoms with Crippen molar-refractivity contribution in [2.75, 3.05) is 61.2 Å². The van der Waals surface area contributed by atoms with Gasteiger partial charge >= 0.3 is 0 Å². The van der Waals surface area contributed by atoms with Crippen molar-refractivity contribution in [2.45, 2.75) is 123 Å². The first-order valence-electron chi connectivity index (χ1n) is 21.9. The maximum Gasteiger partial charge on any atom is 0.226 e. The summed E-state index contributed by atoms with van der Waals surface area (Å²) in [6, 6.07) is 8.54. The fourth-order valence-electron chi connectivity index (χ4n) is 8.91. The van der Waals surface area contributed by atoms with Gasteiger partial charge in [0.25, 0.3) is 0 Å². The van der Waals surface area contributed by atoms with Crippen molar-refractivity contribution in [3.63, 3.8) is 0 Å². The van der Waals surface area contributed by atoms with Crippen molar-refractivity contribution in [1.29, 1.82) is 0 Å². The number of carbonyl (C=O) groups is 4. The standard InChI is InChI=1S/C46H75N5O8S/c1-12-32(6)42(50(9)46(56)35(30(2)3)28-38(53)41(31(4)5)49(8)22-24-59-25-23-52)39(57-10)29-40(54)51-21-16-19-37(51)43(58-11)33(7)44(55)48-36(45-47-20-26-60-45)27-34-17-14-13-15-18-34/h13-15,17-18,20,26,30-33,35-37,39,41-43,52H,12,16,19,21-25,27-29H2,1-11H3,(H,48,55)/t32-,33+,35-,36-,37-,39+,41-,42-,43+/m0/s1. The van der Waals surface area contributed by atoms with Crippen molar-refractivity contribution in [2.24, 2.45) is 29.6 Å². The summed E-state index contributed by atoms with van der Waals surface area (Å²) >= 11 is 1.50.